The molecule has 5 rings (SSSR count). The summed E-state index contributed by atoms with van der Waals surface area (Å²) >= 11 is 0. The lowest BCUT2D eigenvalue weighted by Crippen LogP contribution is -2.33. The normalized spacial score (nSPS) is 18.1. The van der Waals surface area contributed by atoms with Gasteiger partial charge in [-0.05, 0) is 42.5 Å². The van der Waals surface area contributed by atoms with E-state index in [0.717, 1.165) is 28.2 Å². The van der Waals surface area contributed by atoms with Gasteiger partial charge in [0.05, 0.1) is 47.3 Å². The first-order valence-corrected chi connectivity index (χ1v) is 11.3. The molecule has 2 aliphatic rings. The highest BCUT2D eigenvalue weighted by Gasteiger charge is 2.42. The molecule has 8 nitrogen and oxygen atoms in total. The molecular weight excluding hydrogens is 448 g/mol. The van der Waals surface area contributed by atoms with Gasteiger partial charge in [-0.3, -0.25) is 0 Å². The van der Waals surface area contributed by atoms with Crippen LogP contribution >= 0.6 is 0 Å². The summed E-state index contributed by atoms with van der Waals surface area (Å²) in [5.41, 5.74) is 3.81. The molecule has 2 atom stereocenters. The van der Waals surface area contributed by atoms with E-state index in [1.54, 1.807) is 35.5 Å². The number of nitrogens with zero attached hydrogens (tertiary/aromatic N) is 2. The Morgan fingerprint density at radius 3 is 2.09 bits per heavy atom. The van der Waals surface area contributed by atoms with Gasteiger partial charge in [0.1, 0.15) is 0 Å². The third-order valence-corrected chi connectivity index (χ3v) is 6.41. The summed E-state index contributed by atoms with van der Waals surface area (Å²) in [6.07, 6.45) is 0.212. The highest BCUT2D eigenvalue weighted by atomic mass is 16.5. The molecule has 0 N–H and O–H groups in total. The Labute approximate surface area is 204 Å². The second kappa shape index (κ2) is 9.29. The van der Waals surface area contributed by atoms with E-state index in [4.69, 9.17) is 33.5 Å². The van der Waals surface area contributed by atoms with E-state index >= 15 is 0 Å². The number of rotatable bonds is 7. The van der Waals surface area contributed by atoms with Crippen molar-refractivity contribution in [3.05, 3.63) is 71.3 Å². The van der Waals surface area contributed by atoms with Gasteiger partial charge in [0.15, 0.2) is 34.5 Å². The molecule has 3 aromatic rings. The monoisotopic (exact) mass is 476 g/mol. The van der Waals surface area contributed by atoms with Gasteiger partial charge >= 0.3 is 0 Å². The number of methoxy groups -OCH3 is 5. The van der Waals surface area contributed by atoms with E-state index < -0.39 is 6.23 Å². The minimum atomic E-state index is -0.485. The molecule has 0 radical (unpaired) electrons. The van der Waals surface area contributed by atoms with Crippen molar-refractivity contribution in [3.8, 4) is 34.5 Å². The predicted molar refractivity (Wildman–Crippen MR) is 131 cm³/mol. The van der Waals surface area contributed by atoms with Crippen molar-refractivity contribution >= 4 is 5.71 Å². The molecule has 182 valence electrons. The Bertz CT molecular complexity index is 1270. The van der Waals surface area contributed by atoms with Crippen LogP contribution in [0, 0.1) is 0 Å². The minimum absolute atomic E-state index is 0.0324. The second-order valence-corrected chi connectivity index (χ2v) is 8.18. The molecule has 0 fully saturated rings. The quantitative estimate of drug-likeness (QED) is 0.477. The Morgan fingerprint density at radius 1 is 0.743 bits per heavy atom. The molecule has 2 aliphatic heterocycles. The van der Waals surface area contributed by atoms with Crippen LogP contribution in [0.4, 0.5) is 0 Å². The summed E-state index contributed by atoms with van der Waals surface area (Å²) in [5, 5.41) is 7.05. The number of fused-ring (bicyclic) bond motifs is 3. The molecule has 0 aromatic heterocycles. The number of benzene rings is 3. The molecule has 0 amide bonds. The lowest BCUT2D eigenvalue weighted by Gasteiger charge is -2.38. The van der Waals surface area contributed by atoms with Crippen molar-refractivity contribution in [1.29, 1.82) is 0 Å². The molecule has 0 saturated carbocycles. The fraction of sp³-hybridized carbons (Fsp3) is 0.296. The van der Waals surface area contributed by atoms with Gasteiger partial charge in [-0.15, -0.1) is 0 Å². The van der Waals surface area contributed by atoms with E-state index in [2.05, 4.69) is 6.07 Å². The average molecular weight is 477 g/mol. The first kappa shape index (κ1) is 22.7. The van der Waals surface area contributed by atoms with Gasteiger partial charge in [-0.1, -0.05) is 12.1 Å². The summed E-state index contributed by atoms with van der Waals surface area (Å²) in [6, 6.07) is 17.5. The van der Waals surface area contributed by atoms with Crippen LogP contribution in [0.15, 0.2) is 59.7 Å². The zero-order chi connectivity index (χ0) is 24.5. The molecule has 0 spiro atoms. The van der Waals surface area contributed by atoms with E-state index in [1.165, 1.54) is 0 Å². The Hall–Kier alpha value is -4.07. The van der Waals surface area contributed by atoms with Gasteiger partial charge in [0, 0.05) is 23.1 Å². The van der Waals surface area contributed by atoms with Crippen LogP contribution in [0.1, 0.15) is 35.4 Å². The van der Waals surface area contributed by atoms with Crippen LogP contribution < -0.4 is 28.4 Å². The highest BCUT2D eigenvalue weighted by molar-refractivity contribution is 6.02. The summed E-state index contributed by atoms with van der Waals surface area (Å²) in [6.45, 7) is 0. The van der Waals surface area contributed by atoms with Crippen LogP contribution in [-0.2, 0) is 0 Å². The second-order valence-electron chi connectivity index (χ2n) is 8.18. The van der Waals surface area contributed by atoms with Gasteiger partial charge in [-0.25, -0.2) is 5.01 Å². The first-order chi connectivity index (χ1) is 17.1. The van der Waals surface area contributed by atoms with Crippen LogP contribution in [0.25, 0.3) is 0 Å². The minimum Gasteiger partial charge on any atom is -0.493 e. The molecule has 35 heavy (non-hydrogen) atoms. The molecule has 2 heterocycles. The van der Waals surface area contributed by atoms with E-state index in [0.29, 0.717) is 35.2 Å². The van der Waals surface area contributed by atoms with Crippen LogP contribution in [0.3, 0.4) is 0 Å². The largest absolute Gasteiger partial charge is 0.493 e. The molecule has 2 unspecified atom stereocenters. The summed E-state index contributed by atoms with van der Waals surface area (Å²) in [4.78, 5) is 0. The average Bonchev–Trinajstić information content (AvgIpc) is 3.37. The molecule has 0 saturated heterocycles. The van der Waals surface area contributed by atoms with Crippen LogP contribution in [0.2, 0.25) is 0 Å². The number of hydrogen-bond acceptors (Lipinski definition) is 8. The summed E-state index contributed by atoms with van der Waals surface area (Å²) in [7, 11) is 8.14. The van der Waals surface area contributed by atoms with Crippen molar-refractivity contribution in [2.45, 2.75) is 18.7 Å². The third-order valence-electron chi connectivity index (χ3n) is 6.41. The Kier molecular flexibility index (Phi) is 6.03. The van der Waals surface area contributed by atoms with Crippen molar-refractivity contribution in [2.24, 2.45) is 5.10 Å². The maximum Gasteiger partial charge on any atom is 0.214 e. The lowest BCUT2D eigenvalue weighted by molar-refractivity contribution is -0.0210. The summed E-state index contributed by atoms with van der Waals surface area (Å²) in [5.74, 6) is 4.02. The van der Waals surface area contributed by atoms with Crippen molar-refractivity contribution in [2.75, 3.05) is 35.5 Å². The highest BCUT2D eigenvalue weighted by Crippen LogP contribution is 2.51. The van der Waals surface area contributed by atoms with E-state index in [-0.39, 0.29) is 6.04 Å². The smallest absolute Gasteiger partial charge is 0.214 e. The van der Waals surface area contributed by atoms with Crippen molar-refractivity contribution in [1.82, 2.24) is 5.01 Å². The molecule has 8 heteroatoms. The molecule has 0 bridgehead atoms. The Morgan fingerprint density at radius 2 is 1.40 bits per heavy atom. The Balaban J connectivity index is 1.61. The van der Waals surface area contributed by atoms with Crippen molar-refractivity contribution in [3.63, 3.8) is 0 Å². The number of ether oxygens (including phenoxy) is 6. The van der Waals surface area contributed by atoms with Gasteiger partial charge < -0.3 is 28.4 Å². The van der Waals surface area contributed by atoms with Gasteiger partial charge in [0.25, 0.3) is 0 Å². The SMILES string of the molecule is COc1ccc(C2=NN3C(C2)c2cccc(OC)c2OC3c2ccc(OC)c(OC)c2)cc1OC. The van der Waals surface area contributed by atoms with Crippen LogP contribution in [-0.4, -0.2) is 46.3 Å². The zero-order valence-corrected chi connectivity index (χ0v) is 20.4. The third kappa shape index (κ3) is 3.84. The zero-order valence-electron chi connectivity index (χ0n) is 20.4. The number of hydrogen-bond donors (Lipinski definition) is 0. The topological polar surface area (TPSA) is 71.0 Å². The van der Waals surface area contributed by atoms with Crippen molar-refractivity contribution < 1.29 is 28.4 Å². The maximum atomic E-state index is 6.55. The van der Waals surface area contributed by atoms with E-state index in [1.807, 2.05) is 53.5 Å². The number of para-hydroxylation sites is 1. The van der Waals surface area contributed by atoms with Gasteiger partial charge in [0.2, 0.25) is 6.23 Å². The molecule has 0 aliphatic carbocycles. The maximum absolute atomic E-state index is 6.55. The fourth-order valence-corrected chi connectivity index (χ4v) is 4.66. The first-order valence-electron chi connectivity index (χ1n) is 11.3. The summed E-state index contributed by atoms with van der Waals surface area (Å²) < 4.78 is 34.1. The van der Waals surface area contributed by atoms with Gasteiger partial charge in [-0.2, -0.15) is 5.10 Å². The van der Waals surface area contributed by atoms with E-state index in [9.17, 15) is 0 Å². The number of hydrazone groups is 1. The fourth-order valence-electron chi connectivity index (χ4n) is 4.66. The lowest BCUT2D eigenvalue weighted by atomic mass is 9.95. The van der Waals surface area contributed by atoms with Crippen LogP contribution in [0.5, 0.6) is 34.5 Å². The predicted octanol–water partition coefficient (Wildman–Crippen LogP) is 4.97. The standard InChI is InChI=1S/C27H28N2O6/c1-30-21-11-9-16(13-24(21)33-4)19-15-20-18-7-6-8-23(32-3)26(18)35-27(29(20)28-19)17-10-12-22(31-2)25(14-17)34-5/h6-14,20,27H,15H2,1-5H3. The molecule has 3 aromatic carbocycles. The molecular formula is C27H28N2O6.